The Labute approximate surface area is 121 Å². The van der Waals surface area contributed by atoms with E-state index in [9.17, 15) is 9.90 Å². The van der Waals surface area contributed by atoms with E-state index in [0.29, 0.717) is 32.9 Å². The molecule has 20 heavy (non-hydrogen) atoms. The largest absolute Gasteiger partial charge is 0.389 e. The zero-order valence-corrected chi connectivity index (χ0v) is 12.7. The highest BCUT2D eigenvalue weighted by molar-refractivity contribution is 5.77. The zero-order chi connectivity index (χ0) is 15.2. The van der Waals surface area contributed by atoms with Crippen molar-refractivity contribution in [1.29, 1.82) is 0 Å². The van der Waals surface area contributed by atoms with Crippen molar-refractivity contribution in [3.63, 3.8) is 0 Å². The van der Waals surface area contributed by atoms with Gasteiger partial charge in [-0.1, -0.05) is 0 Å². The van der Waals surface area contributed by atoms with Crippen LogP contribution in [0.5, 0.6) is 0 Å². The van der Waals surface area contributed by atoms with Crippen LogP contribution in [-0.2, 0) is 19.0 Å². The van der Waals surface area contributed by atoms with Crippen LogP contribution in [0, 0.1) is 0 Å². The number of methoxy groups -OCH3 is 1. The van der Waals surface area contributed by atoms with Crippen LogP contribution in [0.25, 0.3) is 0 Å². The highest BCUT2D eigenvalue weighted by atomic mass is 16.5. The molecule has 0 spiro atoms. The Hall–Kier alpha value is -0.730. The predicted molar refractivity (Wildman–Crippen MR) is 75.7 cm³/mol. The molecule has 1 atom stereocenters. The van der Waals surface area contributed by atoms with Crippen LogP contribution in [0.3, 0.4) is 0 Å². The maximum absolute atomic E-state index is 11.3. The molecule has 1 unspecified atom stereocenters. The first kappa shape index (κ1) is 19.3. The van der Waals surface area contributed by atoms with Crippen molar-refractivity contribution in [2.24, 2.45) is 0 Å². The molecule has 3 N–H and O–H groups in total. The Morgan fingerprint density at radius 2 is 2.00 bits per heavy atom. The fourth-order valence-corrected chi connectivity index (χ4v) is 1.33. The Balaban J connectivity index is 3.35. The summed E-state index contributed by atoms with van der Waals surface area (Å²) in [5.74, 6) is -0.125. The molecule has 1 amide bonds. The number of amides is 1. The molecule has 0 aliphatic carbocycles. The maximum Gasteiger partial charge on any atom is 0.234 e. The summed E-state index contributed by atoms with van der Waals surface area (Å²) in [5, 5.41) is 15.1. The summed E-state index contributed by atoms with van der Waals surface area (Å²) in [5.41, 5.74) is 0. The van der Waals surface area contributed by atoms with Gasteiger partial charge in [0, 0.05) is 20.2 Å². The van der Waals surface area contributed by atoms with Gasteiger partial charge < -0.3 is 30.0 Å². The maximum atomic E-state index is 11.3. The van der Waals surface area contributed by atoms with Gasteiger partial charge in [-0.3, -0.25) is 4.79 Å². The van der Waals surface area contributed by atoms with Crippen LogP contribution in [0.1, 0.15) is 13.8 Å². The molecule has 0 aliphatic rings. The Kier molecular flexibility index (Phi) is 12.8. The molecule has 7 nitrogen and oxygen atoms in total. The van der Waals surface area contributed by atoms with Gasteiger partial charge in [0.1, 0.15) is 0 Å². The molecule has 0 aliphatic heterocycles. The van der Waals surface area contributed by atoms with Crippen molar-refractivity contribution < 1.29 is 24.1 Å². The standard InChI is InChI=1S/C13H28N2O5/c1-11(2)20-7-6-19-10-12(16)8-14-9-13(17)15-4-5-18-3/h11-12,14,16H,4-10H2,1-3H3,(H,15,17). The van der Waals surface area contributed by atoms with Crippen molar-refractivity contribution in [2.75, 3.05) is 53.2 Å². The number of nitrogens with one attached hydrogen (secondary N) is 2. The van der Waals surface area contributed by atoms with Crippen LogP contribution < -0.4 is 10.6 Å². The summed E-state index contributed by atoms with van der Waals surface area (Å²) in [7, 11) is 1.58. The monoisotopic (exact) mass is 292 g/mol. The quantitative estimate of drug-likeness (QED) is 0.383. The third kappa shape index (κ3) is 13.7. The van der Waals surface area contributed by atoms with Crippen LogP contribution in [-0.4, -0.2) is 76.4 Å². The second kappa shape index (κ2) is 13.3. The minimum absolute atomic E-state index is 0.125. The molecule has 7 heteroatoms. The third-order valence-corrected chi connectivity index (χ3v) is 2.28. The number of carbonyl (C=O) groups is 1. The first-order chi connectivity index (χ1) is 9.56. The second-order valence-corrected chi connectivity index (χ2v) is 4.62. The van der Waals surface area contributed by atoms with E-state index in [4.69, 9.17) is 14.2 Å². The van der Waals surface area contributed by atoms with Crippen LogP contribution in [0.15, 0.2) is 0 Å². The fourth-order valence-electron chi connectivity index (χ4n) is 1.33. The second-order valence-electron chi connectivity index (χ2n) is 4.62. The molecule has 0 aromatic heterocycles. The van der Waals surface area contributed by atoms with Crippen LogP contribution in [0.4, 0.5) is 0 Å². The number of carbonyl (C=O) groups excluding carboxylic acids is 1. The van der Waals surface area contributed by atoms with E-state index in [1.54, 1.807) is 7.11 Å². The molecule has 0 fully saturated rings. The molecule has 0 aromatic carbocycles. The molecular weight excluding hydrogens is 264 g/mol. The highest BCUT2D eigenvalue weighted by Crippen LogP contribution is 1.89. The first-order valence-corrected chi connectivity index (χ1v) is 6.90. The molecule has 0 bridgehead atoms. The number of rotatable bonds is 13. The minimum Gasteiger partial charge on any atom is -0.389 e. The van der Waals surface area contributed by atoms with E-state index < -0.39 is 6.10 Å². The van der Waals surface area contributed by atoms with E-state index in [1.807, 2.05) is 13.8 Å². The van der Waals surface area contributed by atoms with Gasteiger partial charge in [0.15, 0.2) is 0 Å². The normalized spacial score (nSPS) is 12.7. The number of aliphatic hydroxyl groups excluding tert-OH is 1. The van der Waals surface area contributed by atoms with Crippen molar-refractivity contribution in [1.82, 2.24) is 10.6 Å². The van der Waals surface area contributed by atoms with Gasteiger partial charge in [-0.05, 0) is 13.8 Å². The van der Waals surface area contributed by atoms with Crippen molar-refractivity contribution >= 4 is 5.91 Å². The molecule has 0 saturated heterocycles. The topological polar surface area (TPSA) is 89.1 Å². The van der Waals surface area contributed by atoms with E-state index in [1.165, 1.54) is 0 Å². The van der Waals surface area contributed by atoms with Gasteiger partial charge in [0.2, 0.25) is 5.91 Å². The number of ether oxygens (including phenoxy) is 3. The van der Waals surface area contributed by atoms with E-state index in [-0.39, 0.29) is 25.2 Å². The Morgan fingerprint density at radius 1 is 1.25 bits per heavy atom. The van der Waals surface area contributed by atoms with Gasteiger partial charge in [0.25, 0.3) is 0 Å². The highest BCUT2D eigenvalue weighted by Gasteiger charge is 2.06. The summed E-state index contributed by atoms with van der Waals surface area (Å²) < 4.78 is 15.4. The lowest BCUT2D eigenvalue weighted by molar-refractivity contribution is -0.120. The number of hydrogen-bond donors (Lipinski definition) is 3. The van der Waals surface area contributed by atoms with Crippen LogP contribution >= 0.6 is 0 Å². The lowest BCUT2D eigenvalue weighted by Gasteiger charge is -2.13. The van der Waals surface area contributed by atoms with E-state index >= 15 is 0 Å². The van der Waals surface area contributed by atoms with Crippen molar-refractivity contribution in [3.05, 3.63) is 0 Å². The molecule has 0 aromatic rings. The number of aliphatic hydroxyl groups is 1. The summed E-state index contributed by atoms with van der Waals surface area (Å²) in [6, 6.07) is 0. The van der Waals surface area contributed by atoms with Gasteiger partial charge >= 0.3 is 0 Å². The van der Waals surface area contributed by atoms with Gasteiger partial charge in [-0.15, -0.1) is 0 Å². The lowest BCUT2D eigenvalue weighted by Crippen LogP contribution is -2.39. The van der Waals surface area contributed by atoms with Crippen molar-refractivity contribution in [3.8, 4) is 0 Å². The lowest BCUT2D eigenvalue weighted by atomic mass is 10.3. The SMILES string of the molecule is COCCNC(=O)CNCC(O)COCCOC(C)C. The Bertz CT molecular complexity index is 239. The van der Waals surface area contributed by atoms with Crippen LogP contribution in [0.2, 0.25) is 0 Å². The van der Waals surface area contributed by atoms with Gasteiger partial charge in [0.05, 0.1) is 45.2 Å². The summed E-state index contributed by atoms with van der Waals surface area (Å²) >= 11 is 0. The molecule has 120 valence electrons. The molecule has 0 heterocycles. The average molecular weight is 292 g/mol. The molecule has 0 saturated carbocycles. The average Bonchev–Trinajstić information content (AvgIpc) is 2.38. The number of hydrogen-bond acceptors (Lipinski definition) is 6. The summed E-state index contributed by atoms with van der Waals surface area (Å²) in [4.78, 5) is 11.3. The summed E-state index contributed by atoms with van der Waals surface area (Å²) in [6.45, 7) is 6.54. The van der Waals surface area contributed by atoms with Crippen molar-refractivity contribution in [2.45, 2.75) is 26.1 Å². The third-order valence-electron chi connectivity index (χ3n) is 2.28. The van der Waals surface area contributed by atoms with E-state index in [0.717, 1.165) is 0 Å². The zero-order valence-electron chi connectivity index (χ0n) is 12.7. The molecule has 0 rings (SSSR count). The first-order valence-electron chi connectivity index (χ1n) is 6.90. The van der Waals surface area contributed by atoms with Gasteiger partial charge in [-0.25, -0.2) is 0 Å². The minimum atomic E-state index is -0.638. The summed E-state index contributed by atoms with van der Waals surface area (Å²) in [6.07, 6.45) is -0.456. The molecular formula is C13H28N2O5. The smallest absolute Gasteiger partial charge is 0.234 e. The Morgan fingerprint density at radius 3 is 2.65 bits per heavy atom. The fraction of sp³-hybridized carbons (Fsp3) is 0.923. The van der Waals surface area contributed by atoms with E-state index in [2.05, 4.69) is 10.6 Å². The molecule has 0 radical (unpaired) electrons. The van der Waals surface area contributed by atoms with Gasteiger partial charge in [-0.2, -0.15) is 0 Å². The predicted octanol–water partition coefficient (Wildman–Crippen LogP) is -0.859.